The average Bonchev–Trinajstić information content (AvgIpc) is 2.96. The van der Waals surface area contributed by atoms with Gasteiger partial charge in [0.05, 0.1) is 29.5 Å². The van der Waals surface area contributed by atoms with E-state index in [0.29, 0.717) is 5.56 Å². The molecule has 8 heteroatoms. The van der Waals surface area contributed by atoms with E-state index >= 15 is 0 Å². The van der Waals surface area contributed by atoms with Crippen molar-refractivity contribution in [2.24, 2.45) is 7.05 Å². The van der Waals surface area contributed by atoms with Gasteiger partial charge in [-0.15, -0.1) is 0 Å². The van der Waals surface area contributed by atoms with E-state index in [4.69, 9.17) is 9.47 Å². The molecule has 1 aromatic carbocycles. The highest BCUT2D eigenvalue weighted by Gasteiger charge is 2.30. The number of nitrogens with zero attached hydrogens (tertiary/aromatic N) is 1. The lowest BCUT2D eigenvalue weighted by molar-refractivity contribution is -0.139. The molecule has 27 heavy (non-hydrogen) atoms. The average molecular weight is 371 g/mol. The highest BCUT2D eigenvalue weighted by atomic mass is 16.5. The highest BCUT2D eigenvalue weighted by Crippen LogP contribution is 2.22. The first-order chi connectivity index (χ1) is 12.9. The third-order valence-corrected chi connectivity index (χ3v) is 4.33. The molecule has 2 N–H and O–H groups in total. The SMILES string of the molecule is CCOC(=O)C1=C(COC(=O)c2cn(C)c3ccccc23)NC(=O)N[C@H]1C. The van der Waals surface area contributed by atoms with Gasteiger partial charge in [0.25, 0.3) is 0 Å². The zero-order chi connectivity index (χ0) is 19.6. The number of urea groups is 1. The van der Waals surface area contributed by atoms with Crippen molar-refractivity contribution in [3.63, 3.8) is 0 Å². The number of aromatic nitrogens is 1. The van der Waals surface area contributed by atoms with Crippen molar-refractivity contribution in [3.05, 3.63) is 47.3 Å². The number of hydrogen-bond donors (Lipinski definition) is 2. The summed E-state index contributed by atoms with van der Waals surface area (Å²) < 4.78 is 12.3. The lowest BCUT2D eigenvalue weighted by Crippen LogP contribution is -2.50. The molecule has 8 nitrogen and oxygen atoms in total. The van der Waals surface area contributed by atoms with Gasteiger partial charge in [-0.05, 0) is 19.9 Å². The molecule has 3 rings (SSSR count). The van der Waals surface area contributed by atoms with E-state index in [1.165, 1.54) is 0 Å². The van der Waals surface area contributed by atoms with Gasteiger partial charge in [-0.1, -0.05) is 18.2 Å². The van der Waals surface area contributed by atoms with Crippen LogP contribution in [0.2, 0.25) is 0 Å². The second kappa shape index (κ2) is 7.53. The Morgan fingerprint density at radius 3 is 2.67 bits per heavy atom. The summed E-state index contributed by atoms with van der Waals surface area (Å²) >= 11 is 0. The maximum atomic E-state index is 12.6. The smallest absolute Gasteiger partial charge is 0.340 e. The van der Waals surface area contributed by atoms with Gasteiger partial charge < -0.3 is 24.7 Å². The summed E-state index contributed by atoms with van der Waals surface area (Å²) in [5.41, 5.74) is 1.78. The van der Waals surface area contributed by atoms with Gasteiger partial charge in [0.2, 0.25) is 0 Å². The fraction of sp³-hybridized carbons (Fsp3) is 0.316. The molecule has 0 aliphatic carbocycles. The number of benzene rings is 1. The van der Waals surface area contributed by atoms with Crippen molar-refractivity contribution in [2.75, 3.05) is 13.2 Å². The normalized spacial score (nSPS) is 16.7. The third kappa shape index (κ3) is 3.64. The molecular formula is C19H21N3O5. The van der Waals surface area contributed by atoms with Gasteiger partial charge in [0.1, 0.15) is 6.61 Å². The molecule has 2 aromatic rings. The minimum Gasteiger partial charge on any atom is -0.463 e. The van der Waals surface area contributed by atoms with Crippen LogP contribution in [0.3, 0.4) is 0 Å². The van der Waals surface area contributed by atoms with Crippen molar-refractivity contribution < 1.29 is 23.9 Å². The van der Waals surface area contributed by atoms with E-state index in [-0.39, 0.29) is 24.5 Å². The molecule has 2 amide bonds. The number of esters is 2. The van der Waals surface area contributed by atoms with Gasteiger partial charge in [-0.3, -0.25) is 0 Å². The Balaban J connectivity index is 1.84. The minimum atomic E-state index is -0.561. The van der Waals surface area contributed by atoms with Crippen LogP contribution >= 0.6 is 0 Å². The quantitative estimate of drug-likeness (QED) is 0.782. The Kier molecular flexibility index (Phi) is 5.16. The number of amides is 2. The summed E-state index contributed by atoms with van der Waals surface area (Å²) in [5, 5.41) is 5.90. The Morgan fingerprint density at radius 2 is 1.93 bits per heavy atom. The van der Waals surface area contributed by atoms with Crippen LogP contribution in [0.1, 0.15) is 24.2 Å². The van der Waals surface area contributed by atoms with Crippen LogP contribution in [-0.4, -0.2) is 41.8 Å². The molecule has 1 aliphatic rings. The van der Waals surface area contributed by atoms with Crippen LogP contribution in [0, 0.1) is 0 Å². The fourth-order valence-electron chi connectivity index (χ4n) is 3.11. The number of nitrogens with one attached hydrogen (secondary N) is 2. The lowest BCUT2D eigenvalue weighted by atomic mass is 10.0. The van der Waals surface area contributed by atoms with Crippen LogP contribution in [0.5, 0.6) is 0 Å². The Hall–Kier alpha value is -3.29. The Morgan fingerprint density at radius 1 is 1.19 bits per heavy atom. The maximum absolute atomic E-state index is 12.6. The molecule has 0 fully saturated rings. The molecular weight excluding hydrogens is 350 g/mol. The van der Waals surface area contributed by atoms with Crippen LogP contribution in [0.15, 0.2) is 41.7 Å². The maximum Gasteiger partial charge on any atom is 0.340 e. The van der Waals surface area contributed by atoms with E-state index in [2.05, 4.69) is 10.6 Å². The molecule has 0 saturated heterocycles. The topological polar surface area (TPSA) is 98.7 Å². The lowest BCUT2D eigenvalue weighted by Gasteiger charge is -2.26. The molecule has 0 saturated carbocycles. The van der Waals surface area contributed by atoms with E-state index in [1.54, 1.807) is 20.0 Å². The van der Waals surface area contributed by atoms with Crippen molar-refractivity contribution in [3.8, 4) is 0 Å². The monoisotopic (exact) mass is 371 g/mol. The molecule has 0 radical (unpaired) electrons. The molecule has 0 unspecified atom stereocenters. The predicted octanol–water partition coefficient (Wildman–Crippen LogP) is 1.85. The molecule has 1 aromatic heterocycles. The molecule has 0 bridgehead atoms. The second-order valence-electron chi connectivity index (χ2n) is 6.18. The van der Waals surface area contributed by atoms with Crippen molar-refractivity contribution in [2.45, 2.75) is 19.9 Å². The number of carbonyl (C=O) groups is 3. The summed E-state index contributed by atoms with van der Waals surface area (Å²) in [5.74, 6) is -1.10. The first-order valence-electron chi connectivity index (χ1n) is 8.61. The van der Waals surface area contributed by atoms with Gasteiger partial charge in [0, 0.05) is 24.1 Å². The number of carbonyl (C=O) groups excluding carboxylic acids is 3. The van der Waals surface area contributed by atoms with E-state index in [1.807, 2.05) is 35.9 Å². The second-order valence-corrected chi connectivity index (χ2v) is 6.18. The zero-order valence-electron chi connectivity index (χ0n) is 15.4. The molecule has 1 aliphatic heterocycles. The van der Waals surface area contributed by atoms with Crippen molar-refractivity contribution in [1.29, 1.82) is 0 Å². The molecule has 142 valence electrons. The van der Waals surface area contributed by atoms with Crippen LogP contribution in [0.4, 0.5) is 4.79 Å². The van der Waals surface area contributed by atoms with Gasteiger partial charge >= 0.3 is 18.0 Å². The van der Waals surface area contributed by atoms with Crippen LogP contribution in [0.25, 0.3) is 10.9 Å². The van der Waals surface area contributed by atoms with Crippen molar-refractivity contribution >= 4 is 28.9 Å². The summed E-state index contributed by atoms with van der Waals surface area (Å²) in [6, 6.07) is 6.46. The summed E-state index contributed by atoms with van der Waals surface area (Å²) in [4.78, 5) is 36.5. The number of para-hydroxylation sites is 1. The summed E-state index contributed by atoms with van der Waals surface area (Å²) in [6.07, 6.45) is 1.69. The van der Waals surface area contributed by atoms with E-state index in [0.717, 1.165) is 10.9 Å². The first-order valence-corrected chi connectivity index (χ1v) is 8.61. The first kappa shape index (κ1) is 18.5. The van der Waals surface area contributed by atoms with E-state index in [9.17, 15) is 14.4 Å². The molecule has 0 spiro atoms. The number of hydrogen-bond acceptors (Lipinski definition) is 5. The zero-order valence-corrected chi connectivity index (χ0v) is 15.4. The number of aryl methyl sites for hydroxylation is 1. The van der Waals surface area contributed by atoms with Gasteiger partial charge in [0.15, 0.2) is 0 Å². The predicted molar refractivity (Wildman–Crippen MR) is 98.0 cm³/mol. The number of ether oxygens (including phenoxy) is 2. The minimum absolute atomic E-state index is 0.200. The fourth-order valence-corrected chi connectivity index (χ4v) is 3.11. The largest absolute Gasteiger partial charge is 0.463 e. The van der Waals surface area contributed by atoms with Gasteiger partial charge in [-0.2, -0.15) is 0 Å². The van der Waals surface area contributed by atoms with Crippen LogP contribution < -0.4 is 10.6 Å². The molecule has 1 atom stereocenters. The number of fused-ring (bicyclic) bond motifs is 1. The highest BCUT2D eigenvalue weighted by molar-refractivity contribution is 6.04. The summed E-state index contributed by atoms with van der Waals surface area (Å²) in [6.45, 7) is 3.32. The molecule has 2 heterocycles. The standard InChI is InChI=1S/C19H21N3O5/c1-4-26-18(24)16-11(2)20-19(25)21-14(16)10-27-17(23)13-9-22(3)15-8-6-5-7-12(13)15/h5-9,11H,4,10H2,1-3H3,(H2,20,21,25)/t11-/m0/s1. The van der Waals surface area contributed by atoms with Gasteiger partial charge in [-0.25, -0.2) is 14.4 Å². The Labute approximate surface area is 156 Å². The van der Waals surface area contributed by atoms with E-state index < -0.39 is 24.0 Å². The Bertz CT molecular complexity index is 944. The third-order valence-electron chi connectivity index (χ3n) is 4.33. The number of rotatable bonds is 5. The van der Waals surface area contributed by atoms with Crippen molar-refractivity contribution in [1.82, 2.24) is 15.2 Å². The summed E-state index contributed by atoms with van der Waals surface area (Å²) in [7, 11) is 1.84. The van der Waals surface area contributed by atoms with Crippen LogP contribution in [-0.2, 0) is 21.3 Å².